The van der Waals surface area contributed by atoms with E-state index in [4.69, 9.17) is 14.3 Å². The van der Waals surface area contributed by atoms with Gasteiger partial charge in [-0.2, -0.15) is 0 Å². The SMILES string of the molecule is O=C(O)CCC(=O)Oc1ccc2c(=O)c3c(oc2c1)/C(=C/c1ccccc1)CC3. The Morgan fingerprint density at radius 3 is 2.62 bits per heavy atom. The molecule has 0 spiro atoms. The Hall–Kier alpha value is -3.67. The van der Waals surface area contributed by atoms with Gasteiger partial charge in [0.2, 0.25) is 0 Å². The number of carbonyl (C=O) groups is 2. The molecule has 0 aliphatic heterocycles. The van der Waals surface area contributed by atoms with Crippen LogP contribution in [-0.2, 0) is 16.0 Å². The Bertz CT molecular complexity index is 1190. The number of hydrogen-bond donors (Lipinski definition) is 1. The van der Waals surface area contributed by atoms with Crippen molar-refractivity contribution in [2.24, 2.45) is 0 Å². The summed E-state index contributed by atoms with van der Waals surface area (Å²) in [7, 11) is 0. The van der Waals surface area contributed by atoms with Crippen molar-refractivity contribution in [1.82, 2.24) is 0 Å². The number of hydrogen-bond acceptors (Lipinski definition) is 5. The number of carboxylic acids is 1. The molecule has 6 nitrogen and oxygen atoms in total. The fourth-order valence-electron chi connectivity index (χ4n) is 3.41. The highest BCUT2D eigenvalue weighted by molar-refractivity contribution is 5.88. The molecule has 3 aromatic rings. The van der Waals surface area contributed by atoms with E-state index >= 15 is 0 Å². The molecule has 6 heteroatoms. The number of rotatable bonds is 5. The molecule has 1 N–H and O–H groups in total. The third kappa shape index (κ3) is 3.96. The maximum absolute atomic E-state index is 12.9. The van der Waals surface area contributed by atoms with Gasteiger partial charge in [-0.05, 0) is 42.2 Å². The number of esters is 1. The molecule has 29 heavy (non-hydrogen) atoms. The predicted molar refractivity (Wildman–Crippen MR) is 108 cm³/mol. The van der Waals surface area contributed by atoms with Crippen molar-refractivity contribution in [2.75, 3.05) is 0 Å². The second kappa shape index (κ2) is 7.75. The first-order valence-corrected chi connectivity index (χ1v) is 9.29. The first kappa shape index (κ1) is 18.7. The number of ether oxygens (including phenoxy) is 1. The van der Waals surface area contributed by atoms with Crippen molar-refractivity contribution in [3.63, 3.8) is 0 Å². The zero-order valence-electron chi connectivity index (χ0n) is 15.5. The Morgan fingerprint density at radius 1 is 1.07 bits per heavy atom. The Labute approximate surface area is 166 Å². The Morgan fingerprint density at radius 2 is 1.86 bits per heavy atom. The maximum atomic E-state index is 12.9. The summed E-state index contributed by atoms with van der Waals surface area (Å²) in [5.74, 6) is -0.942. The van der Waals surface area contributed by atoms with Gasteiger partial charge < -0.3 is 14.3 Å². The normalized spacial score (nSPS) is 14.1. The summed E-state index contributed by atoms with van der Waals surface area (Å²) in [6.45, 7) is 0. The van der Waals surface area contributed by atoms with Crippen LogP contribution in [0.2, 0.25) is 0 Å². The molecule has 146 valence electrons. The summed E-state index contributed by atoms with van der Waals surface area (Å²) in [6.07, 6.45) is 2.82. The van der Waals surface area contributed by atoms with Crippen LogP contribution in [0.1, 0.15) is 36.1 Å². The zero-order valence-corrected chi connectivity index (χ0v) is 15.5. The van der Waals surface area contributed by atoms with Crippen LogP contribution in [0.4, 0.5) is 0 Å². The van der Waals surface area contributed by atoms with Crippen LogP contribution in [0, 0.1) is 0 Å². The van der Waals surface area contributed by atoms with E-state index in [0.29, 0.717) is 28.7 Å². The lowest BCUT2D eigenvalue weighted by molar-refractivity contribution is -0.142. The van der Waals surface area contributed by atoms with Crippen LogP contribution in [0.25, 0.3) is 22.6 Å². The topological polar surface area (TPSA) is 93.8 Å². The molecule has 1 aliphatic carbocycles. The summed E-state index contributed by atoms with van der Waals surface area (Å²) >= 11 is 0. The first-order valence-electron chi connectivity index (χ1n) is 9.29. The maximum Gasteiger partial charge on any atom is 0.311 e. The van der Waals surface area contributed by atoms with E-state index in [1.165, 1.54) is 12.1 Å². The molecule has 0 bridgehead atoms. The molecule has 2 aromatic carbocycles. The summed E-state index contributed by atoms with van der Waals surface area (Å²) in [4.78, 5) is 35.2. The van der Waals surface area contributed by atoms with Crippen LogP contribution in [0.15, 0.2) is 57.7 Å². The molecule has 1 heterocycles. The standard InChI is InChI=1S/C23H18O6/c24-20(25)10-11-21(26)28-16-7-9-17-19(13-16)29-23-15(6-8-18(23)22(17)27)12-14-4-2-1-3-5-14/h1-5,7,9,12-13H,6,8,10-11H2,(H,24,25)/b15-12+. The number of benzene rings is 2. The van der Waals surface area contributed by atoms with Gasteiger partial charge in [-0.1, -0.05) is 30.3 Å². The third-order valence-electron chi connectivity index (χ3n) is 4.81. The van der Waals surface area contributed by atoms with Gasteiger partial charge in [0.1, 0.15) is 17.1 Å². The minimum Gasteiger partial charge on any atom is -0.481 e. The summed E-state index contributed by atoms with van der Waals surface area (Å²) in [6, 6.07) is 14.4. The second-order valence-electron chi connectivity index (χ2n) is 6.84. The van der Waals surface area contributed by atoms with Gasteiger partial charge in [0, 0.05) is 11.6 Å². The molecule has 0 unspecified atom stereocenters. The van der Waals surface area contributed by atoms with Gasteiger partial charge in [0.25, 0.3) is 0 Å². The fourth-order valence-corrected chi connectivity index (χ4v) is 3.41. The van der Waals surface area contributed by atoms with Crippen LogP contribution in [0.5, 0.6) is 5.75 Å². The minimum absolute atomic E-state index is 0.0820. The third-order valence-corrected chi connectivity index (χ3v) is 4.81. The van der Waals surface area contributed by atoms with Gasteiger partial charge in [0.05, 0.1) is 18.2 Å². The first-order chi connectivity index (χ1) is 14.0. The van der Waals surface area contributed by atoms with Gasteiger partial charge in [-0.15, -0.1) is 0 Å². The molecule has 1 aliphatic rings. The van der Waals surface area contributed by atoms with E-state index in [2.05, 4.69) is 0 Å². The number of allylic oxidation sites excluding steroid dienone is 1. The lowest BCUT2D eigenvalue weighted by Gasteiger charge is -2.07. The summed E-state index contributed by atoms with van der Waals surface area (Å²) in [5.41, 5.74) is 2.89. The van der Waals surface area contributed by atoms with E-state index < -0.39 is 11.9 Å². The minimum atomic E-state index is -1.07. The number of aliphatic carboxylic acids is 1. The Kier molecular flexibility index (Phi) is 4.99. The van der Waals surface area contributed by atoms with Gasteiger partial charge in [0.15, 0.2) is 5.43 Å². The molecular formula is C23H18O6. The monoisotopic (exact) mass is 390 g/mol. The van der Waals surface area contributed by atoms with Crippen LogP contribution in [0.3, 0.4) is 0 Å². The molecule has 0 radical (unpaired) electrons. The van der Waals surface area contributed by atoms with Gasteiger partial charge in [-0.3, -0.25) is 14.4 Å². The highest BCUT2D eigenvalue weighted by Gasteiger charge is 2.24. The van der Waals surface area contributed by atoms with E-state index in [1.54, 1.807) is 6.07 Å². The molecule has 0 atom stereocenters. The molecule has 0 saturated carbocycles. The Balaban J connectivity index is 1.68. The van der Waals surface area contributed by atoms with Crippen molar-refractivity contribution in [3.05, 3.63) is 75.6 Å². The van der Waals surface area contributed by atoms with E-state index in [9.17, 15) is 14.4 Å². The van der Waals surface area contributed by atoms with Crippen LogP contribution < -0.4 is 10.2 Å². The number of carboxylic acid groups (broad SMARTS) is 1. The average Bonchev–Trinajstić information content (AvgIpc) is 3.10. The van der Waals surface area contributed by atoms with Gasteiger partial charge >= 0.3 is 11.9 Å². The molecule has 4 rings (SSSR count). The quantitative estimate of drug-likeness (QED) is 0.522. The molecule has 0 saturated heterocycles. The van der Waals surface area contributed by atoms with Gasteiger partial charge in [-0.25, -0.2) is 0 Å². The smallest absolute Gasteiger partial charge is 0.311 e. The zero-order chi connectivity index (χ0) is 20.4. The largest absolute Gasteiger partial charge is 0.481 e. The van der Waals surface area contributed by atoms with Crippen molar-refractivity contribution in [2.45, 2.75) is 25.7 Å². The van der Waals surface area contributed by atoms with E-state index in [0.717, 1.165) is 17.6 Å². The molecule has 1 aromatic heterocycles. The molecular weight excluding hydrogens is 372 g/mol. The average molecular weight is 390 g/mol. The van der Waals surface area contributed by atoms with Crippen LogP contribution in [-0.4, -0.2) is 17.0 Å². The van der Waals surface area contributed by atoms with Crippen molar-refractivity contribution >= 4 is 34.6 Å². The highest BCUT2D eigenvalue weighted by atomic mass is 16.5. The summed E-state index contributed by atoms with van der Waals surface area (Å²) in [5, 5.41) is 9.08. The summed E-state index contributed by atoms with van der Waals surface area (Å²) < 4.78 is 11.2. The number of carbonyl (C=O) groups excluding carboxylic acids is 1. The van der Waals surface area contributed by atoms with Crippen molar-refractivity contribution in [3.8, 4) is 5.75 Å². The van der Waals surface area contributed by atoms with E-state index in [-0.39, 0.29) is 24.0 Å². The molecule has 0 amide bonds. The fraction of sp³-hybridized carbons (Fsp3) is 0.174. The molecule has 0 fully saturated rings. The van der Waals surface area contributed by atoms with E-state index in [1.807, 2.05) is 36.4 Å². The number of fused-ring (bicyclic) bond motifs is 2. The van der Waals surface area contributed by atoms with Crippen molar-refractivity contribution < 1.29 is 23.8 Å². The van der Waals surface area contributed by atoms with Crippen molar-refractivity contribution in [1.29, 1.82) is 0 Å². The predicted octanol–water partition coefficient (Wildman–Crippen LogP) is 4.05. The van der Waals surface area contributed by atoms with Crippen LogP contribution >= 0.6 is 0 Å². The lowest BCUT2D eigenvalue weighted by atomic mass is 10.1. The highest BCUT2D eigenvalue weighted by Crippen LogP contribution is 2.34. The lowest BCUT2D eigenvalue weighted by Crippen LogP contribution is -2.11. The second-order valence-corrected chi connectivity index (χ2v) is 6.84.